The Labute approximate surface area is 125 Å². The molecule has 0 fully saturated rings. The first-order valence-electron chi connectivity index (χ1n) is 6.75. The van der Waals surface area contributed by atoms with Gasteiger partial charge in [-0.25, -0.2) is 9.78 Å². The Balaban J connectivity index is 2.27. The van der Waals surface area contributed by atoms with Gasteiger partial charge >= 0.3 is 5.97 Å². The zero-order valence-corrected chi connectivity index (χ0v) is 12.1. The van der Waals surface area contributed by atoms with E-state index >= 15 is 0 Å². The number of H-pyrrole nitrogens is 1. The van der Waals surface area contributed by atoms with Gasteiger partial charge in [-0.1, -0.05) is 0 Å². The molecule has 0 aliphatic heterocycles. The van der Waals surface area contributed by atoms with Crippen molar-refractivity contribution in [1.82, 2.24) is 15.0 Å². The van der Waals surface area contributed by atoms with Crippen molar-refractivity contribution in [2.75, 3.05) is 5.73 Å². The maximum absolute atomic E-state index is 12.0. The van der Waals surface area contributed by atoms with Gasteiger partial charge < -0.3 is 10.5 Å². The molecule has 7 nitrogen and oxygen atoms in total. The number of nitrogen functional groups attached to an aromatic ring is 1. The SMILES string of the molecule is CC(C)OC(=O)c1ccc2ncc3c(=O)[nH]c(N)nc3c2c1. The van der Waals surface area contributed by atoms with E-state index in [0.29, 0.717) is 27.4 Å². The molecule has 7 heteroatoms. The lowest BCUT2D eigenvalue weighted by molar-refractivity contribution is 0.0378. The highest BCUT2D eigenvalue weighted by Gasteiger charge is 2.13. The monoisotopic (exact) mass is 298 g/mol. The number of anilines is 1. The maximum atomic E-state index is 12.0. The van der Waals surface area contributed by atoms with Gasteiger partial charge in [0.2, 0.25) is 5.95 Å². The first kappa shape index (κ1) is 14.0. The predicted octanol–water partition coefficient (Wildman–Crippen LogP) is 1.62. The molecule has 0 unspecified atom stereocenters. The summed E-state index contributed by atoms with van der Waals surface area (Å²) in [5.74, 6) is -0.424. The molecule has 112 valence electrons. The summed E-state index contributed by atoms with van der Waals surface area (Å²) in [5.41, 5.74) is 6.63. The molecule has 0 saturated heterocycles. The van der Waals surface area contributed by atoms with Crippen molar-refractivity contribution in [3.63, 3.8) is 0 Å². The van der Waals surface area contributed by atoms with Crippen molar-refractivity contribution in [1.29, 1.82) is 0 Å². The average Bonchev–Trinajstić information content (AvgIpc) is 2.45. The Bertz CT molecular complexity index is 947. The van der Waals surface area contributed by atoms with E-state index in [0.717, 1.165) is 0 Å². The molecule has 0 aliphatic carbocycles. The summed E-state index contributed by atoms with van der Waals surface area (Å²) in [7, 11) is 0. The summed E-state index contributed by atoms with van der Waals surface area (Å²) in [5, 5.41) is 0.893. The minimum atomic E-state index is -0.438. The van der Waals surface area contributed by atoms with Crippen LogP contribution in [0.5, 0.6) is 0 Å². The van der Waals surface area contributed by atoms with E-state index in [1.165, 1.54) is 6.20 Å². The van der Waals surface area contributed by atoms with Gasteiger partial charge in [-0.05, 0) is 32.0 Å². The second kappa shape index (κ2) is 5.10. The van der Waals surface area contributed by atoms with E-state index in [-0.39, 0.29) is 17.6 Å². The third-order valence-electron chi connectivity index (χ3n) is 3.14. The Morgan fingerprint density at radius 3 is 2.82 bits per heavy atom. The number of nitrogens with two attached hydrogens (primary N) is 1. The highest BCUT2D eigenvalue weighted by atomic mass is 16.5. The number of fused-ring (bicyclic) bond motifs is 3. The van der Waals surface area contributed by atoms with Crippen LogP contribution in [-0.4, -0.2) is 27.0 Å². The highest BCUT2D eigenvalue weighted by Crippen LogP contribution is 2.22. The molecule has 3 N–H and O–H groups in total. The summed E-state index contributed by atoms with van der Waals surface area (Å²) in [6, 6.07) is 4.93. The van der Waals surface area contributed by atoms with Gasteiger partial charge in [-0.3, -0.25) is 14.8 Å². The standard InChI is InChI=1S/C15H14N4O3/c1-7(2)22-14(21)8-3-4-11-9(5-8)12-10(6-17-11)13(20)19-15(16)18-12/h3-7H,1-2H3,(H3,16,18,19,20). The Morgan fingerprint density at radius 2 is 2.09 bits per heavy atom. The normalized spacial score (nSPS) is 11.2. The molecule has 0 spiro atoms. The Morgan fingerprint density at radius 1 is 1.32 bits per heavy atom. The van der Waals surface area contributed by atoms with Crippen LogP contribution in [0.3, 0.4) is 0 Å². The number of nitrogens with zero attached hydrogens (tertiary/aromatic N) is 2. The molecule has 0 amide bonds. The number of benzene rings is 1. The molecule has 0 radical (unpaired) electrons. The van der Waals surface area contributed by atoms with Crippen LogP contribution >= 0.6 is 0 Å². The first-order chi connectivity index (χ1) is 10.5. The molecule has 2 aromatic heterocycles. The number of esters is 1. The molecule has 1 aromatic carbocycles. The van der Waals surface area contributed by atoms with E-state index < -0.39 is 5.97 Å². The lowest BCUT2D eigenvalue weighted by Gasteiger charge is -2.09. The number of ether oxygens (including phenoxy) is 1. The van der Waals surface area contributed by atoms with Crippen LogP contribution in [0.1, 0.15) is 24.2 Å². The third-order valence-corrected chi connectivity index (χ3v) is 3.14. The number of hydrogen-bond donors (Lipinski definition) is 2. The number of aromatic amines is 1. The van der Waals surface area contributed by atoms with Crippen molar-refractivity contribution < 1.29 is 9.53 Å². The van der Waals surface area contributed by atoms with Gasteiger partial charge in [0.25, 0.3) is 5.56 Å². The van der Waals surface area contributed by atoms with E-state index in [1.807, 2.05) is 0 Å². The fourth-order valence-corrected chi connectivity index (χ4v) is 2.21. The second-order valence-corrected chi connectivity index (χ2v) is 5.16. The topological polar surface area (TPSA) is 111 Å². The van der Waals surface area contributed by atoms with Crippen molar-refractivity contribution in [3.8, 4) is 0 Å². The van der Waals surface area contributed by atoms with Gasteiger partial charge in [-0.15, -0.1) is 0 Å². The molecule has 3 rings (SSSR count). The molecule has 0 saturated carbocycles. The molecular weight excluding hydrogens is 284 g/mol. The second-order valence-electron chi connectivity index (χ2n) is 5.16. The number of carbonyl (C=O) groups excluding carboxylic acids is 1. The number of aromatic nitrogens is 3. The zero-order valence-electron chi connectivity index (χ0n) is 12.1. The van der Waals surface area contributed by atoms with E-state index in [2.05, 4.69) is 15.0 Å². The lowest BCUT2D eigenvalue weighted by Crippen LogP contribution is -2.13. The fraction of sp³-hybridized carbons (Fsp3) is 0.200. The fourth-order valence-electron chi connectivity index (χ4n) is 2.21. The van der Waals surface area contributed by atoms with E-state index in [9.17, 15) is 9.59 Å². The van der Waals surface area contributed by atoms with Crippen LogP contribution in [0.2, 0.25) is 0 Å². The summed E-state index contributed by atoms with van der Waals surface area (Å²) in [6.07, 6.45) is 1.22. The van der Waals surface area contributed by atoms with Crippen molar-refractivity contribution >= 4 is 33.7 Å². The molecular formula is C15H14N4O3. The van der Waals surface area contributed by atoms with Crippen molar-refractivity contribution in [2.24, 2.45) is 0 Å². The van der Waals surface area contributed by atoms with Crippen molar-refractivity contribution in [2.45, 2.75) is 20.0 Å². The lowest BCUT2D eigenvalue weighted by atomic mass is 10.1. The number of hydrogen-bond acceptors (Lipinski definition) is 6. The minimum absolute atomic E-state index is 0.0140. The quantitative estimate of drug-likeness (QED) is 0.549. The van der Waals surface area contributed by atoms with Gasteiger partial charge in [0.1, 0.15) is 0 Å². The molecule has 0 aliphatic rings. The van der Waals surface area contributed by atoms with Crippen LogP contribution in [-0.2, 0) is 4.74 Å². The van der Waals surface area contributed by atoms with Crippen LogP contribution in [0, 0.1) is 0 Å². The maximum Gasteiger partial charge on any atom is 0.338 e. The Kier molecular flexibility index (Phi) is 3.25. The predicted molar refractivity (Wildman–Crippen MR) is 82.6 cm³/mol. The summed E-state index contributed by atoms with van der Waals surface area (Å²) in [4.78, 5) is 34.7. The zero-order chi connectivity index (χ0) is 15.9. The first-order valence-corrected chi connectivity index (χ1v) is 6.75. The van der Waals surface area contributed by atoms with Gasteiger partial charge in [0.15, 0.2) is 0 Å². The van der Waals surface area contributed by atoms with Gasteiger partial charge in [0, 0.05) is 11.6 Å². The van der Waals surface area contributed by atoms with Crippen LogP contribution in [0.25, 0.3) is 21.8 Å². The summed E-state index contributed by atoms with van der Waals surface area (Å²) < 4.78 is 5.17. The number of pyridine rings is 1. The van der Waals surface area contributed by atoms with Crippen LogP contribution in [0.15, 0.2) is 29.2 Å². The van der Waals surface area contributed by atoms with E-state index in [4.69, 9.17) is 10.5 Å². The largest absolute Gasteiger partial charge is 0.459 e. The smallest absolute Gasteiger partial charge is 0.338 e. The molecule has 22 heavy (non-hydrogen) atoms. The molecule has 0 bridgehead atoms. The number of rotatable bonds is 2. The van der Waals surface area contributed by atoms with Crippen LogP contribution in [0.4, 0.5) is 5.95 Å². The summed E-state index contributed by atoms with van der Waals surface area (Å²) >= 11 is 0. The minimum Gasteiger partial charge on any atom is -0.459 e. The van der Waals surface area contributed by atoms with Gasteiger partial charge in [0.05, 0.1) is 28.1 Å². The average molecular weight is 298 g/mol. The molecule has 2 heterocycles. The number of carbonyl (C=O) groups is 1. The van der Waals surface area contributed by atoms with Crippen molar-refractivity contribution in [3.05, 3.63) is 40.3 Å². The molecule has 0 atom stereocenters. The summed E-state index contributed by atoms with van der Waals surface area (Å²) in [6.45, 7) is 3.55. The third kappa shape index (κ3) is 2.37. The van der Waals surface area contributed by atoms with Gasteiger partial charge in [-0.2, -0.15) is 0 Å². The Hall–Kier alpha value is -2.96. The highest BCUT2D eigenvalue weighted by molar-refractivity contribution is 6.05. The number of nitrogens with one attached hydrogen (secondary N) is 1. The van der Waals surface area contributed by atoms with Crippen LogP contribution < -0.4 is 11.3 Å². The molecule has 3 aromatic rings. The van der Waals surface area contributed by atoms with E-state index in [1.54, 1.807) is 32.0 Å².